The lowest BCUT2D eigenvalue weighted by Crippen LogP contribution is -2.06. The highest BCUT2D eigenvalue weighted by Crippen LogP contribution is 2.41. The van der Waals surface area contributed by atoms with Crippen LogP contribution in [-0.2, 0) is 0 Å². The summed E-state index contributed by atoms with van der Waals surface area (Å²) in [6, 6.07) is 79.4. The first kappa shape index (κ1) is 35.5. The third-order valence-electron chi connectivity index (χ3n) is 11.9. The standard InChI is InChI=1S/C57H37N5/c1-5-18-38(19-6-1)42-26-17-27-43(32-42)56-58-55(41-24-11-4-12-25-41)59-57(60-56)62-52-31-16-14-29-48(52)50-36-53-49(37-54(50)62)47-28-13-15-30-51(47)61(53)46-34-44(39-20-7-2-8-21-39)33-45(35-46)40-22-9-3-10-23-40/h1-37H. The van der Waals surface area contributed by atoms with Crippen LogP contribution in [0.3, 0.4) is 0 Å². The van der Waals surface area contributed by atoms with Crippen LogP contribution in [-0.4, -0.2) is 24.1 Å². The Morgan fingerprint density at radius 2 is 0.645 bits per heavy atom. The van der Waals surface area contributed by atoms with E-state index >= 15 is 0 Å². The fourth-order valence-electron chi connectivity index (χ4n) is 9.04. The molecule has 0 aliphatic heterocycles. The van der Waals surface area contributed by atoms with Crippen molar-refractivity contribution in [2.75, 3.05) is 0 Å². The minimum absolute atomic E-state index is 0.566. The first-order chi connectivity index (χ1) is 30.7. The average molecular weight is 792 g/mol. The summed E-state index contributed by atoms with van der Waals surface area (Å²) in [5.74, 6) is 1.80. The van der Waals surface area contributed by atoms with Crippen molar-refractivity contribution in [1.82, 2.24) is 24.1 Å². The van der Waals surface area contributed by atoms with Gasteiger partial charge in [-0.05, 0) is 81.9 Å². The second kappa shape index (κ2) is 14.7. The van der Waals surface area contributed by atoms with Gasteiger partial charge >= 0.3 is 0 Å². The molecule has 62 heavy (non-hydrogen) atoms. The maximum Gasteiger partial charge on any atom is 0.238 e. The number of benzene rings is 9. The first-order valence-electron chi connectivity index (χ1n) is 20.9. The second-order valence-corrected chi connectivity index (χ2v) is 15.7. The molecule has 5 heteroatoms. The van der Waals surface area contributed by atoms with Crippen LogP contribution in [0.25, 0.3) is 111 Å². The quantitative estimate of drug-likeness (QED) is 0.162. The molecular weight excluding hydrogens is 755 g/mol. The lowest BCUT2D eigenvalue weighted by molar-refractivity contribution is 0.954. The van der Waals surface area contributed by atoms with Crippen molar-refractivity contribution in [3.63, 3.8) is 0 Å². The molecule has 0 aliphatic carbocycles. The summed E-state index contributed by atoms with van der Waals surface area (Å²) in [6.07, 6.45) is 0. The van der Waals surface area contributed by atoms with Gasteiger partial charge < -0.3 is 4.57 Å². The van der Waals surface area contributed by atoms with Crippen LogP contribution < -0.4 is 0 Å². The molecule has 0 saturated carbocycles. The zero-order chi connectivity index (χ0) is 41.0. The molecule has 290 valence electrons. The molecule has 0 N–H and O–H groups in total. The smallest absolute Gasteiger partial charge is 0.238 e. The second-order valence-electron chi connectivity index (χ2n) is 15.7. The Morgan fingerprint density at radius 3 is 1.21 bits per heavy atom. The van der Waals surface area contributed by atoms with Gasteiger partial charge in [0.1, 0.15) is 0 Å². The number of hydrogen-bond acceptors (Lipinski definition) is 3. The SMILES string of the molecule is c1ccc(-c2cccc(-c3nc(-c4ccccc4)nc(-n4c5ccccc5c5cc6c(cc54)c4ccccc4n6-c4cc(-c5ccccc5)cc(-c5ccccc5)c4)n3)c2)cc1. The van der Waals surface area contributed by atoms with Crippen LogP contribution in [0, 0.1) is 0 Å². The van der Waals surface area contributed by atoms with Crippen LogP contribution in [0.5, 0.6) is 0 Å². The zero-order valence-corrected chi connectivity index (χ0v) is 33.6. The van der Waals surface area contributed by atoms with E-state index in [-0.39, 0.29) is 0 Å². The maximum absolute atomic E-state index is 5.31. The maximum atomic E-state index is 5.31. The van der Waals surface area contributed by atoms with Gasteiger partial charge in [0.15, 0.2) is 11.6 Å². The average Bonchev–Trinajstić information content (AvgIpc) is 3.86. The number of para-hydroxylation sites is 2. The molecule has 5 nitrogen and oxygen atoms in total. The summed E-state index contributed by atoms with van der Waals surface area (Å²) < 4.78 is 4.65. The van der Waals surface area contributed by atoms with Crippen LogP contribution in [0.4, 0.5) is 0 Å². The molecule has 0 fully saturated rings. The van der Waals surface area contributed by atoms with Gasteiger partial charge in [-0.25, -0.2) is 4.98 Å². The molecule has 0 spiro atoms. The Bertz CT molecular complexity index is 3550. The van der Waals surface area contributed by atoms with Crippen LogP contribution in [0.15, 0.2) is 224 Å². The molecule has 0 bridgehead atoms. The fourth-order valence-corrected chi connectivity index (χ4v) is 9.04. The molecule has 12 aromatic rings. The van der Waals surface area contributed by atoms with Gasteiger partial charge in [-0.15, -0.1) is 0 Å². The summed E-state index contributed by atoms with van der Waals surface area (Å²) in [6.45, 7) is 0. The summed E-state index contributed by atoms with van der Waals surface area (Å²) in [4.78, 5) is 15.7. The van der Waals surface area contributed by atoms with Crippen molar-refractivity contribution in [3.8, 4) is 67.8 Å². The van der Waals surface area contributed by atoms with Crippen molar-refractivity contribution in [2.45, 2.75) is 0 Å². The predicted octanol–water partition coefficient (Wildman–Crippen LogP) is 14.4. The first-order valence-corrected chi connectivity index (χ1v) is 20.9. The third kappa shape index (κ3) is 6.06. The van der Waals surface area contributed by atoms with E-state index in [1.807, 2.05) is 24.3 Å². The summed E-state index contributed by atoms with van der Waals surface area (Å²) >= 11 is 0. The highest BCUT2D eigenvalue weighted by atomic mass is 15.2. The van der Waals surface area contributed by atoms with Crippen LogP contribution >= 0.6 is 0 Å². The largest absolute Gasteiger partial charge is 0.309 e. The van der Waals surface area contributed by atoms with Crippen LogP contribution in [0.2, 0.25) is 0 Å². The van der Waals surface area contributed by atoms with E-state index in [4.69, 9.17) is 15.0 Å². The molecule has 0 saturated heterocycles. The van der Waals surface area contributed by atoms with E-state index in [0.717, 1.165) is 66.2 Å². The molecule has 12 rings (SSSR count). The Balaban J connectivity index is 1.12. The van der Waals surface area contributed by atoms with Gasteiger partial charge in [0.05, 0.1) is 22.1 Å². The topological polar surface area (TPSA) is 48.5 Å². The Hall–Kier alpha value is -8.41. The van der Waals surface area contributed by atoms with Crippen molar-refractivity contribution in [2.24, 2.45) is 0 Å². The minimum Gasteiger partial charge on any atom is -0.309 e. The fraction of sp³-hybridized carbons (Fsp3) is 0. The molecule has 9 aromatic carbocycles. The molecular formula is C57H37N5. The number of nitrogens with zero attached hydrogens (tertiary/aromatic N) is 5. The Morgan fingerprint density at radius 1 is 0.242 bits per heavy atom. The lowest BCUT2D eigenvalue weighted by Gasteiger charge is -2.14. The summed E-state index contributed by atoms with van der Waals surface area (Å²) in [5.41, 5.74) is 14.2. The molecule has 0 atom stereocenters. The normalized spacial score (nSPS) is 11.5. The van der Waals surface area contributed by atoms with Gasteiger partial charge in [-0.2, -0.15) is 9.97 Å². The number of hydrogen-bond donors (Lipinski definition) is 0. The summed E-state index contributed by atoms with van der Waals surface area (Å²) in [5, 5.41) is 4.57. The number of aromatic nitrogens is 5. The van der Waals surface area contributed by atoms with E-state index in [9.17, 15) is 0 Å². The monoisotopic (exact) mass is 791 g/mol. The lowest BCUT2D eigenvalue weighted by atomic mass is 9.98. The van der Waals surface area contributed by atoms with E-state index < -0.39 is 0 Å². The highest BCUT2D eigenvalue weighted by molar-refractivity contribution is 6.19. The molecule has 0 unspecified atom stereocenters. The minimum atomic E-state index is 0.566. The molecule has 3 aromatic heterocycles. The zero-order valence-electron chi connectivity index (χ0n) is 33.6. The van der Waals surface area contributed by atoms with Crippen molar-refractivity contribution in [3.05, 3.63) is 224 Å². The van der Waals surface area contributed by atoms with Gasteiger partial charge in [0.2, 0.25) is 5.95 Å². The molecule has 3 heterocycles. The van der Waals surface area contributed by atoms with Gasteiger partial charge in [0.25, 0.3) is 0 Å². The van der Waals surface area contributed by atoms with Crippen molar-refractivity contribution >= 4 is 43.6 Å². The number of rotatable bonds is 7. The predicted molar refractivity (Wildman–Crippen MR) is 256 cm³/mol. The summed E-state index contributed by atoms with van der Waals surface area (Å²) in [7, 11) is 0. The van der Waals surface area contributed by atoms with Gasteiger partial charge in [-0.3, -0.25) is 4.57 Å². The highest BCUT2D eigenvalue weighted by Gasteiger charge is 2.22. The Labute approximate surface area is 358 Å². The molecule has 0 aliphatic rings. The van der Waals surface area contributed by atoms with E-state index in [1.54, 1.807) is 0 Å². The van der Waals surface area contributed by atoms with E-state index in [2.05, 4.69) is 209 Å². The number of fused-ring (bicyclic) bond motifs is 6. The van der Waals surface area contributed by atoms with E-state index in [0.29, 0.717) is 17.6 Å². The molecule has 0 amide bonds. The molecule has 0 radical (unpaired) electrons. The van der Waals surface area contributed by atoms with E-state index in [1.165, 1.54) is 27.6 Å². The Kier molecular flexibility index (Phi) is 8.42. The van der Waals surface area contributed by atoms with Crippen LogP contribution in [0.1, 0.15) is 0 Å². The van der Waals surface area contributed by atoms with Crippen molar-refractivity contribution < 1.29 is 0 Å². The van der Waals surface area contributed by atoms with Crippen molar-refractivity contribution in [1.29, 1.82) is 0 Å². The third-order valence-corrected chi connectivity index (χ3v) is 11.9. The van der Waals surface area contributed by atoms with Gasteiger partial charge in [-0.1, -0.05) is 176 Å². The van der Waals surface area contributed by atoms with Gasteiger partial charge in [0, 0.05) is 38.4 Å².